The van der Waals surface area contributed by atoms with Gasteiger partial charge in [0.1, 0.15) is 0 Å². The molecule has 0 saturated carbocycles. The van der Waals surface area contributed by atoms with Gasteiger partial charge >= 0.3 is 11.8 Å². The summed E-state index contributed by atoms with van der Waals surface area (Å²) < 4.78 is 21.4. The van der Waals surface area contributed by atoms with Gasteiger partial charge in [-0.15, -0.1) is 0 Å². The van der Waals surface area contributed by atoms with Gasteiger partial charge in [-0.05, 0) is 42.3 Å². The number of nitrogens with zero attached hydrogens (tertiary/aromatic N) is 2. The van der Waals surface area contributed by atoms with Gasteiger partial charge in [0.05, 0.1) is 0 Å². The third kappa shape index (κ3) is 3.20. The molecule has 3 aliphatic rings. The third-order valence-electron chi connectivity index (χ3n) is 5.35. The van der Waals surface area contributed by atoms with E-state index in [0.717, 1.165) is 11.1 Å². The number of benzene rings is 2. The summed E-state index contributed by atoms with van der Waals surface area (Å²) in [6.07, 6.45) is 0. The average Bonchev–Trinajstić information content (AvgIpc) is 3.37. The molecule has 0 unspecified atom stereocenters. The Labute approximate surface area is 167 Å². The van der Waals surface area contributed by atoms with Crippen molar-refractivity contribution in [3.63, 3.8) is 0 Å². The molecule has 2 aromatic rings. The topological polar surface area (TPSA) is 77.5 Å². The van der Waals surface area contributed by atoms with Crippen LogP contribution in [0, 0.1) is 0 Å². The zero-order valence-electron chi connectivity index (χ0n) is 15.9. The molecule has 1 atom stereocenters. The Morgan fingerprint density at radius 3 is 1.97 bits per heavy atom. The standard InChI is InChI=1S/C21H20N2O6/c1-13-8-22(9-14-2-4-16-18(6-14)28-11-26-16)20(24)21(25)23(13)10-15-3-5-17-19(7-15)29-12-27-17/h2-7,13H,8-12H2,1H3/t13-/m1/s1. The fourth-order valence-corrected chi connectivity index (χ4v) is 3.82. The molecule has 8 heteroatoms. The van der Waals surface area contributed by atoms with E-state index in [1.54, 1.807) is 9.80 Å². The van der Waals surface area contributed by atoms with Gasteiger partial charge in [-0.25, -0.2) is 0 Å². The van der Waals surface area contributed by atoms with Crippen LogP contribution in [0.3, 0.4) is 0 Å². The fourth-order valence-electron chi connectivity index (χ4n) is 3.82. The first-order valence-corrected chi connectivity index (χ1v) is 9.45. The number of ether oxygens (including phenoxy) is 4. The van der Waals surface area contributed by atoms with E-state index in [9.17, 15) is 9.59 Å². The molecular formula is C21H20N2O6. The predicted molar refractivity (Wildman–Crippen MR) is 101 cm³/mol. The molecule has 5 rings (SSSR count). The van der Waals surface area contributed by atoms with E-state index < -0.39 is 11.8 Å². The normalized spacial score (nSPS) is 19.8. The highest BCUT2D eigenvalue weighted by molar-refractivity contribution is 6.35. The first-order chi connectivity index (χ1) is 14.1. The van der Waals surface area contributed by atoms with Gasteiger partial charge in [-0.3, -0.25) is 9.59 Å². The number of piperazine rings is 1. The van der Waals surface area contributed by atoms with E-state index >= 15 is 0 Å². The maximum atomic E-state index is 12.8. The summed E-state index contributed by atoms with van der Waals surface area (Å²) in [7, 11) is 0. The lowest BCUT2D eigenvalue weighted by atomic mass is 10.1. The van der Waals surface area contributed by atoms with Crippen LogP contribution in [0.15, 0.2) is 36.4 Å². The second kappa shape index (κ2) is 6.88. The van der Waals surface area contributed by atoms with E-state index in [2.05, 4.69) is 0 Å². The largest absolute Gasteiger partial charge is 0.454 e. The molecule has 0 bridgehead atoms. The van der Waals surface area contributed by atoms with Gasteiger partial charge in [0.2, 0.25) is 13.6 Å². The monoisotopic (exact) mass is 396 g/mol. The van der Waals surface area contributed by atoms with Gasteiger partial charge in [-0.2, -0.15) is 0 Å². The number of carbonyl (C=O) groups is 2. The van der Waals surface area contributed by atoms with E-state index in [1.165, 1.54) is 0 Å². The van der Waals surface area contributed by atoms with Gasteiger partial charge in [0, 0.05) is 25.7 Å². The molecule has 1 saturated heterocycles. The van der Waals surface area contributed by atoms with Gasteiger partial charge < -0.3 is 28.7 Å². The zero-order chi connectivity index (χ0) is 20.0. The van der Waals surface area contributed by atoms with Crippen molar-refractivity contribution in [1.29, 1.82) is 0 Å². The number of fused-ring (bicyclic) bond motifs is 2. The van der Waals surface area contributed by atoms with Gasteiger partial charge in [0.25, 0.3) is 0 Å². The Morgan fingerprint density at radius 2 is 1.34 bits per heavy atom. The summed E-state index contributed by atoms with van der Waals surface area (Å²) in [5.41, 5.74) is 1.79. The minimum Gasteiger partial charge on any atom is -0.454 e. The number of hydrogen-bond donors (Lipinski definition) is 0. The highest BCUT2D eigenvalue weighted by Crippen LogP contribution is 2.34. The van der Waals surface area contributed by atoms with Crippen LogP contribution >= 0.6 is 0 Å². The quantitative estimate of drug-likeness (QED) is 0.735. The Hall–Kier alpha value is -3.42. The van der Waals surface area contributed by atoms with E-state index in [0.29, 0.717) is 42.6 Å². The molecule has 0 aliphatic carbocycles. The van der Waals surface area contributed by atoms with Crippen LogP contribution in [0.2, 0.25) is 0 Å². The lowest BCUT2D eigenvalue weighted by Crippen LogP contribution is -2.57. The zero-order valence-corrected chi connectivity index (χ0v) is 15.9. The van der Waals surface area contributed by atoms with Crippen LogP contribution < -0.4 is 18.9 Å². The number of rotatable bonds is 4. The van der Waals surface area contributed by atoms with Crippen molar-refractivity contribution in [2.75, 3.05) is 20.1 Å². The summed E-state index contributed by atoms with van der Waals surface area (Å²) >= 11 is 0. The third-order valence-corrected chi connectivity index (χ3v) is 5.35. The lowest BCUT2D eigenvalue weighted by Gasteiger charge is -2.39. The SMILES string of the molecule is C[C@@H]1CN(Cc2ccc3c(c2)OCO3)C(=O)C(=O)N1Cc1ccc2c(c1)OCO2. The average molecular weight is 396 g/mol. The lowest BCUT2D eigenvalue weighted by molar-refractivity contribution is -0.159. The summed E-state index contributed by atoms with van der Waals surface area (Å²) in [5, 5.41) is 0. The van der Waals surface area contributed by atoms with E-state index in [1.807, 2.05) is 43.3 Å². The van der Waals surface area contributed by atoms with Crippen LogP contribution in [-0.2, 0) is 22.7 Å². The minimum atomic E-state index is -0.499. The number of carbonyl (C=O) groups excluding carboxylic acids is 2. The number of hydrogen-bond acceptors (Lipinski definition) is 6. The molecule has 3 aliphatic heterocycles. The first-order valence-electron chi connectivity index (χ1n) is 9.45. The van der Waals surface area contributed by atoms with Crippen molar-refractivity contribution in [3.05, 3.63) is 47.5 Å². The predicted octanol–water partition coefficient (Wildman–Crippen LogP) is 1.90. The van der Waals surface area contributed by atoms with Crippen molar-refractivity contribution in [3.8, 4) is 23.0 Å². The number of amides is 2. The molecule has 1 fully saturated rings. The molecule has 150 valence electrons. The second-order valence-electron chi connectivity index (χ2n) is 7.34. The van der Waals surface area contributed by atoms with E-state index in [-0.39, 0.29) is 19.6 Å². The van der Waals surface area contributed by atoms with Gasteiger partial charge in [0.15, 0.2) is 23.0 Å². The van der Waals surface area contributed by atoms with Crippen molar-refractivity contribution in [2.45, 2.75) is 26.1 Å². The van der Waals surface area contributed by atoms with Gasteiger partial charge in [-0.1, -0.05) is 12.1 Å². The Bertz CT molecular complexity index is 991. The smallest absolute Gasteiger partial charge is 0.312 e. The van der Waals surface area contributed by atoms with Crippen LogP contribution in [0.25, 0.3) is 0 Å². The molecule has 0 radical (unpaired) electrons. The Morgan fingerprint density at radius 1 is 0.793 bits per heavy atom. The molecule has 2 aromatic carbocycles. The highest BCUT2D eigenvalue weighted by atomic mass is 16.7. The summed E-state index contributed by atoms with van der Waals surface area (Å²) in [6.45, 7) is 3.51. The molecule has 29 heavy (non-hydrogen) atoms. The van der Waals surface area contributed by atoms with Crippen molar-refractivity contribution in [2.24, 2.45) is 0 Å². The Kier molecular flexibility index (Phi) is 4.19. The molecule has 0 aromatic heterocycles. The Balaban J connectivity index is 1.29. The fraction of sp³-hybridized carbons (Fsp3) is 0.333. The first kappa shape index (κ1) is 17.7. The van der Waals surface area contributed by atoms with Crippen molar-refractivity contribution < 1.29 is 28.5 Å². The summed E-state index contributed by atoms with van der Waals surface area (Å²) in [6, 6.07) is 11.0. The molecule has 0 spiro atoms. The highest BCUT2D eigenvalue weighted by Gasteiger charge is 2.37. The van der Waals surface area contributed by atoms with Crippen LogP contribution in [-0.4, -0.2) is 47.8 Å². The molecule has 0 N–H and O–H groups in total. The molecule has 3 heterocycles. The van der Waals surface area contributed by atoms with E-state index in [4.69, 9.17) is 18.9 Å². The van der Waals surface area contributed by atoms with Crippen LogP contribution in [0.1, 0.15) is 18.1 Å². The van der Waals surface area contributed by atoms with Crippen molar-refractivity contribution >= 4 is 11.8 Å². The molecule has 2 amide bonds. The summed E-state index contributed by atoms with van der Waals surface area (Å²) in [4.78, 5) is 28.7. The van der Waals surface area contributed by atoms with Crippen LogP contribution in [0.4, 0.5) is 0 Å². The van der Waals surface area contributed by atoms with Crippen molar-refractivity contribution in [1.82, 2.24) is 9.80 Å². The molecular weight excluding hydrogens is 376 g/mol. The minimum absolute atomic E-state index is 0.111. The summed E-state index contributed by atoms with van der Waals surface area (Å²) in [5.74, 6) is 1.71. The maximum Gasteiger partial charge on any atom is 0.312 e. The second-order valence-corrected chi connectivity index (χ2v) is 7.34. The van der Waals surface area contributed by atoms with Crippen LogP contribution in [0.5, 0.6) is 23.0 Å². The maximum absolute atomic E-state index is 12.8. The molecule has 8 nitrogen and oxygen atoms in total.